The molecule has 0 spiro atoms. The number of nitrogens with one attached hydrogen (secondary N) is 1. The lowest BCUT2D eigenvalue weighted by Gasteiger charge is -2.05. The van der Waals surface area contributed by atoms with E-state index in [0.29, 0.717) is 13.1 Å². The first-order chi connectivity index (χ1) is 8.61. The zero-order valence-electron chi connectivity index (χ0n) is 10.2. The van der Waals surface area contributed by atoms with Crippen molar-refractivity contribution in [1.82, 2.24) is 5.32 Å². The summed E-state index contributed by atoms with van der Waals surface area (Å²) in [5, 5.41) is 11.1. The number of carbonyl (C=O) groups excluding carboxylic acids is 1. The maximum absolute atomic E-state index is 11.3. The number of aliphatic carboxylic acids is 1. The fraction of sp³-hybridized carbons (Fsp3) is 0.385. The summed E-state index contributed by atoms with van der Waals surface area (Å²) in [6.07, 6.45) is 0.715. The van der Waals surface area contributed by atoms with Gasteiger partial charge in [0, 0.05) is 13.0 Å². The summed E-state index contributed by atoms with van der Waals surface area (Å²) in [5.74, 6) is -1.21. The van der Waals surface area contributed by atoms with Crippen molar-refractivity contribution in [2.75, 3.05) is 6.54 Å². The number of carbonyl (C=O) groups is 2. The predicted molar refractivity (Wildman–Crippen MR) is 67.9 cm³/mol. The molecule has 0 bridgehead atoms. The predicted octanol–water partition coefficient (Wildman–Crippen LogP) is 0.669. The third kappa shape index (κ3) is 5.45. The SMILES string of the molecule is NCCc1ccc(CNC(=O)CCC(=O)O)cc1. The highest BCUT2D eigenvalue weighted by molar-refractivity contribution is 5.80. The molecule has 5 heteroatoms. The van der Waals surface area contributed by atoms with Gasteiger partial charge in [-0.05, 0) is 24.1 Å². The van der Waals surface area contributed by atoms with Gasteiger partial charge < -0.3 is 16.2 Å². The number of rotatable bonds is 7. The summed E-state index contributed by atoms with van der Waals surface area (Å²) < 4.78 is 0. The second kappa shape index (κ2) is 7.45. The normalized spacial score (nSPS) is 10.1. The fourth-order valence-electron chi connectivity index (χ4n) is 1.50. The lowest BCUT2D eigenvalue weighted by molar-refractivity contribution is -0.138. The van der Waals surface area contributed by atoms with Crippen LogP contribution in [-0.2, 0) is 22.6 Å². The van der Waals surface area contributed by atoms with E-state index in [0.717, 1.165) is 12.0 Å². The van der Waals surface area contributed by atoms with Gasteiger partial charge in [0.25, 0.3) is 0 Å². The Morgan fingerprint density at radius 3 is 2.28 bits per heavy atom. The van der Waals surface area contributed by atoms with Gasteiger partial charge in [-0.1, -0.05) is 24.3 Å². The number of nitrogens with two attached hydrogens (primary N) is 1. The summed E-state index contributed by atoms with van der Waals surface area (Å²) in [5.41, 5.74) is 7.60. The standard InChI is InChI=1S/C13H18N2O3/c14-8-7-10-1-3-11(4-2-10)9-15-12(16)5-6-13(17)18/h1-4H,5-9,14H2,(H,15,16)(H,17,18). The highest BCUT2D eigenvalue weighted by Crippen LogP contribution is 2.04. The Bertz CT molecular complexity index is 401. The average Bonchev–Trinajstić information content (AvgIpc) is 2.36. The van der Waals surface area contributed by atoms with Crippen LogP contribution in [0.25, 0.3) is 0 Å². The highest BCUT2D eigenvalue weighted by atomic mass is 16.4. The van der Waals surface area contributed by atoms with Crippen molar-refractivity contribution < 1.29 is 14.7 Å². The van der Waals surface area contributed by atoms with Gasteiger partial charge in [-0.15, -0.1) is 0 Å². The van der Waals surface area contributed by atoms with Crippen molar-refractivity contribution in [3.8, 4) is 0 Å². The molecule has 0 heterocycles. The van der Waals surface area contributed by atoms with Gasteiger partial charge in [0.05, 0.1) is 6.42 Å². The number of hydrogen-bond acceptors (Lipinski definition) is 3. The molecule has 1 amide bonds. The Morgan fingerprint density at radius 2 is 1.72 bits per heavy atom. The molecule has 0 aliphatic carbocycles. The van der Waals surface area contributed by atoms with E-state index in [-0.39, 0.29) is 18.7 Å². The Labute approximate surface area is 106 Å². The van der Waals surface area contributed by atoms with Crippen LogP contribution in [0.5, 0.6) is 0 Å². The average molecular weight is 250 g/mol. The van der Waals surface area contributed by atoms with E-state index in [1.54, 1.807) is 0 Å². The molecule has 4 N–H and O–H groups in total. The quantitative estimate of drug-likeness (QED) is 0.663. The minimum atomic E-state index is -0.962. The number of hydrogen-bond donors (Lipinski definition) is 3. The molecule has 5 nitrogen and oxygen atoms in total. The molecular weight excluding hydrogens is 232 g/mol. The number of carboxylic acid groups (broad SMARTS) is 1. The number of carboxylic acids is 1. The van der Waals surface area contributed by atoms with Crippen LogP contribution in [0.15, 0.2) is 24.3 Å². The monoisotopic (exact) mass is 250 g/mol. The highest BCUT2D eigenvalue weighted by Gasteiger charge is 2.04. The van der Waals surface area contributed by atoms with Crippen LogP contribution in [0.4, 0.5) is 0 Å². The largest absolute Gasteiger partial charge is 0.481 e. The molecule has 0 radical (unpaired) electrons. The lowest BCUT2D eigenvalue weighted by Crippen LogP contribution is -2.23. The van der Waals surface area contributed by atoms with Crippen molar-refractivity contribution in [2.45, 2.75) is 25.8 Å². The molecule has 1 aromatic rings. The summed E-state index contributed by atoms with van der Waals surface area (Å²) in [6.45, 7) is 1.03. The molecule has 0 unspecified atom stereocenters. The zero-order valence-corrected chi connectivity index (χ0v) is 10.2. The van der Waals surface area contributed by atoms with E-state index in [1.165, 1.54) is 5.56 Å². The third-order valence-electron chi connectivity index (χ3n) is 2.51. The van der Waals surface area contributed by atoms with Gasteiger partial charge >= 0.3 is 5.97 Å². The fourth-order valence-corrected chi connectivity index (χ4v) is 1.50. The van der Waals surface area contributed by atoms with E-state index in [9.17, 15) is 9.59 Å². The molecule has 1 aromatic carbocycles. The number of benzene rings is 1. The van der Waals surface area contributed by atoms with Crippen molar-refractivity contribution in [1.29, 1.82) is 0 Å². The van der Waals surface area contributed by atoms with Crippen LogP contribution in [-0.4, -0.2) is 23.5 Å². The molecule has 0 aliphatic heterocycles. The van der Waals surface area contributed by atoms with Crippen LogP contribution in [0.1, 0.15) is 24.0 Å². The lowest BCUT2D eigenvalue weighted by atomic mass is 10.1. The minimum Gasteiger partial charge on any atom is -0.481 e. The molecule has 0 saturated heterocycles. The van der Waals surface area contributed by atoms with Gasteiger partial charge in [0.15, 0.2) is 0 Å². The Morgan fingerprint density at radius 1 is 1.11 bits per heavy atom. The van der Waals surface area contributed by atoms with Crippen LogP contribution in [0, 0.1) is 0 Å². The summed E-state index contributed by atoms with van der Waals surface area (Å²) >= 11 is 0. The summed E-state index contributed by atoms with van der Waals surface area (Å²) in [7, 11) is 0. The first-order valence-corrected chi connectivity index (χ1v) is 5.88. The van der Waals surface area contributed by atoms with E-state index in [1.807, 2.05) is 24.3 Å². The molecule has 0 aromatic heterocycles. The van der Waals surface area contributed by atoms with Crippen molar-refractivity contribution in [2.24, 2.45) is 5.73 Å². The number of amides is 1. The minimum absolute atomic E-state index is 0.0145. The van der Waals surface area contributed by atoms with Crippen LogP contribution < -0.4 is 11.1 Å². The molecule has 18 heavy (non-hydrogen) atoms. The summed E-state index contributed by atoms with van der Waals surface area (Å²) in [6, 6.07) is 7.82. The Balaban J connectivity index is 2.34. The second-order valence-electron chi connectivity index (χ2n) is 4.03. The van der Waals surface area contributed by atoms with Gasteiger partial charge in [0.1, 0.15) is 0 Å². The third-order valence-corrected chi connectivity index (χ3v) is 2.51. The molecule has 0 aliphatic rings. The maximum atomic E-state index is 11.3. The van der Waals surface area contributed by atoms with E-state index >= 15 is 0 Å². The molecule has 0 saturated carbocycles. The van der Waals surface area contributed by atoms with Gasteiger partial charge in [-0.25, -0.2) is 0 Å². The first kappa shape index (κ1) is 14.2. The van der Waals surface area contributed by atoms with Crippen molar-refractivity contribution in [3.63, 3.8) is 0 Å². The molecular formula is C13H18N2O3. The topological polar surface area (TPSA) is 92.4 Å². The first-order valence-electron chi connectivity index (χ1n) is 5.88. The van der Waals surface area contributed by atoms with Gasteiger partial charge in [-0.3, -0.25) is 9.59 Å². The summed E-state index contributed by atoms with van der Waals surface area (Å²) in [4.78, 5) is 21.6. The van der Waals surface area contributed by atoms with Gasteiger partial charge in [0.2, 0.25) is 5.91 Å². The van der Waals surface area contributed by atoms with Crippen molar-refractivity contribution in [3.05, 3.63) is 35.4 Å². The smallest absolute Gasteiger partial charge is 0.303 e. The second-order valence-corrected chi connectivity index (χ2v) is 4.03. The molecule has 0 fully saturated rings. The maximum Gasteiger partial charge on any atom is 0.303 e. The molecule has 1 rings (SSSR count). The van der Waals surface area contributed by atoms with Crippen LogP contribution in [0.3, 0.4) is 0 Å². The van der Waals surface area contributed by atoms with E-state index < -0.39 is 5.97 Å². The van der Waals surface area contributed by atoms with Crippen LogP contribution in [0.2, 0.25) is 0 Å². The van der Waals surface area contributed by atoms with E-state index in [4.69, 9.17) is 10.8 Å². The van der Waals surface area contributed by atoms with Crippen molar-refractivity contribution >= 4 is 11.9 Å². The Hall–Kier alpha value is -1.88. The van der Waals surface area contributed by atoms with Crippen LogP contribution >= 0.6 is 0 Å². The zero-order chi connectivity index (χ0) is 13.4. The molecule has 0 atom stereocenters. The molecule has 98 valence electrons. The Kier molecular flexibility index (Phi) is 5.87. The van der Waals surface area contributed by atoms with Gasteiger partial charge in [-0.2, -0.15) is 0 Å². The van der Waals surface area contributed by atoms with E-state index in [2.05, 4.69) is 5.32 Å².